The lowest BCUT2D eigenvalue weighted by Crippen LogP contribution is -2.60. The van der Waals surface area contributed by atoms with Gasteiger partial charge >= 0.3 is 16.4 Å². The van der Waals surface area contributed by atoms with Crippen LogP contribution >= 0.6 is 0 Å². The number of aliphatic hydroxyl groups excluding tert-OH is 3. The van der Waals surface area contributed by atoms with Crippen LogP contribution in [0, 0.1) is 0 Å². The molecule has 1 heterocycles. The molecule has 6 atom stereocenters. The van der Waals surface area contributed by atoms with E-state index in [1.165, 1.54) is 148 Å². The summed E-state index contributed by atoms with van der Waals surface area (Å²) in [4.78, 5) is 12.9. The number of hydrogen-bond acceptors (Lipinski definition) is 11. The Morgan fingerprint density at radius 1 is 0.617 bits per heavy atom. The van der Waals surface area contributed by atoms with Gasteiger partial charge in [-0.15, -0.1) is 0 Å². The fourth-order valence-electron chi connectivity index (χ4n) is 7.67. The fourth-order valence-corrected chi connectivity index (χ4v) is 8.18. The second-order valence-corrected chi connectivity index (χ2v) is 18.1. The van der Waals surface area contributed by atoms with Crippen molar-refractivity contribution in [3.05, 3.63) is 12.2 Å². The third-order valence-electron chi connectivity index (χ3n) is 11.4. The van der Waals surface area contributed by atoms with Gasteiger partial charge in [0.25, 0.3) is 0 Å². The van der Waals surface area contributed by atoms with Crippen LogP contribution in [0.5, 0.6) is 0 Å². The van der Waals surface area contributed by atoms with Gasteiger partial charge in [0, 0.05) is 13.0 Å². The van der Waals surface area contributed by atoms with Gasteiger partial charge in [-0.1, -0.05) is 187 Å². The molecule has 0 aromatic heterocycles. The Hall–Kier alpha value is -1.16. The molecular weight excluding hydrogens is 789 g/mol. The third-order valence-corrected chi connectivity index (χ3v) is 11.9. The monoisotopic (exact) mass is 879 g/mol. The maximum absolute atomic E-state index is 12.9. The van der Waals surface area contributed by atoms with Crippen molar-refractivity contribution in [2.24, 2.45) is 0 Å². The molecule has 0 radical (unpaired) electrons. The highest BCUT2D eigenvalue weighted by Gasteiger charge is 2.48. The van der Waals surface area contributed by atoms with Crippen LogP contribution in [0.25, 0.3) is 0 Å². The van der Waals surface area contributed by atoms with Gasteiger partial charge in [-0.05, 0) is 38.5 Å². The Kier molecular flexibility index (Phi) is 37.4. The van der Waals surface area contributed by atoms with Crippen molar-refractivity contribution >= 4 is 16.4 Å². The quantitative estimate of drug-likeness (QED) is 0.0197. The molecule has 1 fully saturated rings. The zero-order valence-corrected chi connectivity index (χ0v) is 38.9. The smallest absolute Gasteiger partial charge is 0.397 e. The van der Waals surface area contributed by atoms with Gasteiger partial charge in [-0.25, -0.2) is 4.18 Å². The van der Waals surface area contributed by atoms with E-state index in [-0.39, 0.29) is 19.6 Å². The minimum Gasteiger partial charge on any atom is -0.457 e. The first-order chi connectivity index (χ1) is 29.1. The molecule has 1 rings (SSSR count). The Morgan fingerprint density at radius 2 is 1.05 bits per heavy atom. The summed E-state index contributed by atoms with van der Waals surface area (Å²) in [7, 11) is -5.06. The predicted molar refractivity (Wildman–Crippen MR) is 239 cm³/mol. The van der Waals surface area contributed by atoms with Gasteiger partial charge < -0.3 is 34.3 Å². The van der Waals surface area contributed by atoms with Crippen LogP contribution < -0.4 is 0 Å². The maximum atomic E-state index is 12.9. The SMILES string of the molecule is CCCCCC/C=C\CCCCCCCCOCC(COC1OC(CO)C(O)C(OS(=O)(=O)O)C1O)OC(=O)CCCCCCCCCCCCCCCCCCCCC. The summed E-state index contributed by atoms with van der Waals surface area (Å²) in [6, 6.07) is 0. The number of allylic oxidation sites excluding steroid dienone is 2. The Labute approximate surface area is 366 Å². The van der Waals surface area contributed by atoms with Crippen LogP contribution in [-0.2, 0) is 38.3 Å². The second kappa shape index (κ2) is 39.4. The molecule has 12 nitrogen and oxygen atoms in total. The largest absolute Gasteiger partial charge is 0.457 e. The van der Waals surface area contributed by atoms with Crippen LogP contribution in [0.4, 0.5) is 0 Å². The molecule has 0 aliphatic carbocycles. The lowest BCUT2D eigenvalue weighted by atomic mass is 9.99. The van der Waals surface area contributed by atoms with Crippen molar-refractivity contribution in [2.75, 3.05) is 26.4 Å². The van der Waals surface area contributed by atoms with Crippen LogP contribution in [0.1, 0.15) is 219 Å². The van der Waals surface area contributed by atoms with E-state index in [1.54, 1.807) is 0 Å². The lowest BCUT2D eigenvalue weighted by Gasteiger charge is -2.41. The van der Waals surface area contributed by atoms with Gasteiger partial charge in [0.15, 0.2) is 6.29 Å². The van der Waals surface area contributed by atoms with E-state index in [0.717, 1.165) is 44.9 Å². The van der Waals surface area contributed by atoms with Gasteiger partial charge in [0.1, 0.15) is 30.5 Å². The third kappa shape index (κ3) is 32.5. The summed E-state index contributed by atoms with van der Waals surface area (Å²) in [5.41, 5.74) is 0. The molecule has 0 aromatic carbocycles. The van der Waals surface area contributed by atoms with Crippen LogP contribution in [-0.4, -0.2) is 97.5 Å². The summed E-state index contributed by atoms with van der Waals surface area (Å²) in [6.45, 7) is 4.00. The Bertz CT molecular complexity index is 1110. The normalized spacial score (nSPS) is 20.3. The fraction of sp³-hybridized carbons (Fsp3) is 0.936. The van der Waals surface area contributed by atoms with Crippen molar-refractivity contribution in [1.82, 2.24) is 0 Å². The highest BCUT2D eigenvalue weighted by Crippen LogP contribution is 2.26. The zero-order chi connectivity index (χ0) is 43.9. The van der Waals surface area contributed by atoms with Gasteiger partial charge in [0.2, 0.25) is 0 Å². The van der Waals surface area contributed by atoms with Crippen molar-refractivity contribution in [1.29, 1.82) is 0 Å². The first-order valence-corrected chi connectivity index (χ1v) is 25.8. The van der Waals surface area contributed by atoms with E-state index >= 15 is 0 Å². The second-order valence-electron chi connectivity index (χ2n) is 17.1. The van der Waals surface area contributed by atoms with Crippen molar-refractivity contribution in [3.63, 3.8) is 0 Å². The predicted octanol–water partition coefficient (Wildman–Crippen LogP) is 10.6. The van der Waals surface area contributed by atoms with Gasteiger partial charge in [0.05, 0.1) is 19.8 Å². The number of unbranched alkanes of at least 4 members (excludes halogenated alkanes) is 28. The minimum absolute atomic E-state index is 0.0372. The van der Waals surface area contributed by atoms with E-state index in [0.29, 0.717) is 13.0 Å². The first kappa shape index (κ1) is 56.9. The molecule has 1 aliphatic heterocycles. The topological polar surface area (TPSA) is 178 Å². The molecule has 6 unspecified atom stereocenters. The summed E-state index contributed by atoms with van der Waals surface area (Å²) >= 11 is 0. The molecule has 0 saturated carbocycles. The van der Waals surface area contributed by atoms with Gasteiger partial charge in [-0.3, -0.25) is 9.35 Å². The molecule has 1 aliphatic rings. The molecule has 0 amide bonds. The molecule has 0 spiro atoms. The van der Waals surface area contributed by atoms with Crippen molar-refractivity contribution < 1.29 is 56.2 Å². The molecule has 60 heavy (non-hydrogen) atoms. The summed E-state index contributed by atoms with van der Waals surface area (Å²) < 4.78 is 59.1. The summed E-state index contributed by atoms with van der Waals surface area (Å²) in [5, 5.41) is 30.7. The Morgan fingerprint density at radius 3 is 1.52 bits per heavy atom. The van der Waals surface area contributed by atoms with Gasteiger partial charge in [-0.2, -0.15) is 8.42 Å². The summed E-state index contributed by atoms with van der Waals surface area (Å²) in [5.74, 6) is -0.396. The van der Waals surface area contributed by atoms with Crippen LogP contribution in [0.15, 0.2) is 12.2 Å². The number of carbonyl (C=O) groups excluding carboxylic acids is 1. The number of rotatable bonds is 43. The average Bonchev–Trinajstić information content (AvgIpc) is 3.22. The van der Waals surface area contributed by atoms with E-state index in [4.69, 9.17) is 23.5 Å². The first-order valence-electron chi connectivity index (χ1n) is 24.4. The van der Waals surface area contributed by atoms with Crippen molar-refractivity contribution in [3.8, 4) is 0 Å². The molecule has 0 aromatic rings. The number of esters is 1. The highest BCUT2D eigenvalue weighted by molar-refractivity contribution is 7.80. The molecular formula is C47H90O12S. The van der Waals surface area contributed by atoms with E-state index in [9.17, 15) is 28.5 Å². The number of aliphatic hydroxyl groups is 3. The Balaban J connectivity index is 2.37. The van der Waals surface area contributed by atoms with E-state index in [2.05, 4.69) is 30.2 Å². The zero-order valence-electron chi connectivity index (χ0n) is 38.0. The maximum Gasteiger partial charge on any atom is 0.397 e. The molecule has 1 saturated heterocycles. The standard InChI is InChI=1S/C47H90O12S/c1-3-5-7-9-11-13-15-17-19-20-21-22-23-24-26-28-30-32-34-36-43(49)57-41(39-55-37-35-33-31-29-27-25-18-16-14-12-10-8-6-4-2)40-56-47-45(51)46(59-60(52,53)54)44(50)42(38-48)58-47/h14,16,41-42,44-48,50-51H,3-13,15,17-40H2,1-2H3,(H,52,53,54)/b16-14-. The minimum atomic E-state index is -5.06. The number of carbonyl (C=O) groups is 1. The van der Waals surface area contributed by atoms with E-state index < -0.39 is 59.8 Å². The number of hydrogen-bond donors (Lipinski definition) is 4. The molecule has 0 bridgehead atoms. The van der Waals surface area contributed by atoms with E-state index in [1.807, 2.05) is 0 Å². The molecule has 4 N–H and O–H groups in total. The molecule has 356 valence electrons. The highest BCUT2D eigenvalue weighted by atomic mass is 32.3. The summed E-state index contributed by atoms with van der Waals surface area (Å²) in [6.07, 6.45) is 33.8. The van der Waals surface area contributed by atoms with Crippen molar-refractivity contribution in [2.45, 2.75) is 256 Å². The molecule has 13 heteroatoms. The lowest BCUT2D eigenvalue weighted by molar-refractivity contribution is -0.301. The average molecular weight is 879 g/mol. The van der Waals surface area contributed by atoms with Crippen LogP contribution in [0.3, 0.4) is 0 Å². The number of ether oxygens (including phenoxy) is 4. The van der Waals surface area contributed by atoms with Crippen LogP contribution in [0.2, 0.25) is 0 Å².